The maximum Gasteiger partial charge on any atom is 0.254 e. The van der Waals surface area contributed by atoms with Crippen LogP contribution in [0.5, 0.6) is 11.5 Å². The van der Waals surface area contributed by atoms with E-state index in [1.807, 2.05) is 5.38 Å². The summed E-state index contributed by atoms with van der Waals surface area (Å²) in [4.78, 5) is 25.8. The van der Waals surface area contributed by atoms with Crippen molar-refractivity contribution in [3.8, 4) is 22.9 Å². The highest BCUT2D eigenvalue weighted by atomic mass is 32.2. The number of ether oxygens (including phenoxy) is 2. The molecule has 1 N–H and O–H groups in total. The number of benzene rings is 2. The van der Waals surface area contributed by atoms with Gasteiger partial charge in [-0.3, -0.25) is 4.79 Å². The number of thiazole rings is 1. The van der Waals surface area contributed by atoms with Gasteiger partial charge in [0.05, 0.1) is 23.4 Å². The lowest BCUT2D eigenvalue weighted by Gasteiger charge is -2.52. The van der Waals surface area contributed by atoms with E-state index < -0.39 is 44.5 Å². The molecule has 3 fully saturated rings. The Bertz CT molecular complexity index is 1880. The molecule has 2 heterocycles. The van der Waals surface area contributed by atoms with Crippen LogP contribution in [-0.4, -0.2) is 49.2 Å². The predicted molar refractivity (Wildman–Crippen MR) is 164 cm³/mol. The van der Waals surface area contributed by atoms with Gasteiger partial charge in [-0.1, -0.05) is 12.1 Å². The minimum atomic E-state index is -3.56. The number of methoxy groups -OCH3 is 1. The second kappa shape index (κ2) is 12.3. The molecule has 3 aliphatic carbocycles. The number of fused-ring (bicyclic) bond motifs is 3. The first-order valence-electron chi connectivity index (χ1n) is 14.6. The van der Waals surface area contributed by atoms with Crippen molar-refractivity contribution >= 4 is 27.1 Å². The summed E-state index contributed by atoms with van der Waals surface area (Å²) in [6.45, 7) is 0.0402. The van der Waals surface area contributed by atoms with Crippen LogP contribution in [0.2, 0.25) is 0 Å². The SMILES string of the molecule is COc1ccc(COc2c(F)cc(C(=O)NC[C@]34CC[C@](c5nc(-c6ccnc(S(C)(=O)=O)n6)cs5)(CC3)CC4)c(F)c2F)cc1. The van der Waals surface area contributed by atoms with Crippen LogP contribution in [0.4, 0.5) is 13.2 Å². The minimum Gasteiger partial charge on any atom is -0.497 e. The summed E-state index contributed by atoms with van der Waals surface area (Å²) in [5.41, 5.74) is 0.549. The van der Waals surface area contributed by atoms with E-state index in [1.165, 1.54) is 24.6 Å². The number of carbonyl (C=O) groups is 1. The average molecular weight is 673 g/mol. The number of nitrogens with zero attached hydrogens (tertiary/aromatic N) is 3. The topological polar surface area (TPSA) is 120 Å². The number of hydrogen-bond donors (Lipinski definition) is 1. The summed E-state index contributed by atoms with van der Waals surface area (Å²) >= 11 is 1.52. The first-order valence-corrected chi connectivity index (χ1v) is 17.4. The Labute approximate surface area is 268 Å². The molecule has 3 aliphatic rings. The zero-order chi connectivity index (χ0) is 32.7. The maximum absolute atomic E-state index is 15.0. The summed E-state index contributed by atoms with van der Waals surface area (Å²) in [5.74, 6) is -5.39. The molecule has 2 aromatic heterocycles. The van der Waals surface area contributed by atoms with E-state index in [0.29, 0.717) is 28.8 Å². The van der Waals surface area contributed by atoms with Gasteiger partial charge in [0, 0.05) is 29.8 Å². The summed E-state index contributed by atoms with van der Waals surface area (Å²) < 4.78 is 78.7. The second-order valence-corrected chi connectivity index (χ2v) is 14.8. The van der Waals surface area contributed by atoms with Crippen molar-refractivity contribution in [2.24, 2.45) is 5.41 Å². The van der Waals surface area contributed by atoms with Gasteiger partial charge >= 0.3 is 0 Å². The fourth-order valence-corrected chi connectivity index (χ4v) is 7.88. The van der Waals surface area contributed by atoms with Gasteiger partial charge in [-0.25, -0.2) is 32.2 Å². The third kappa shape index (κ3) is 6.19. The molecule has 2 aromatic carbocycles. The Balaban J connectivity index is 1.08. The second-order valence-electron chi connectivity index (χ2n) is 12.0. The predicted octanol–water partition coefficient (Wildman–Crippen LogP) is 6.03. The van der Waals surface area contributed by atoms with E-state index in [2.05, 4.69) is 15.3 Å². The summed E-state index contributed by atoms with van der Waals surface area (Å²) in [6, 6.07) is 8.92. The molecule has 0 unspecified atom stereocenters. The smallest absolute Gasteiger partial charge is 0.254 e. The molecule has 0 saturated heterocycles. The summed E-state index contributed by atoms with van der Waals surface area (Å²) in [5, 5.41) is 5.30. The Kier molecular flexibility index (Phi) is 8.53. The molecule has 9 nitrogen and oxygen atoms in total. The molecule has 46 heavy (non-hydrogen) atoms. The highest BCUT2D eigenvalue weighted by Gasteiger charge is 2.50. The van der Waals surface area contributed by atoms with Crippen LogP contribution >= 0.6 is 11.3 Å². The number of aromatic nitrogens is 3. The van der Waals surface area contributed by atoms with Crippen molar-refractivity contribution in [2.45, 2.75) is 55.7 Å². The van der Waals surface area contributed by atoms with E-state index in [9.17, 15) is 26.4 Å². The van der Waals surface area contributed by atoms with Crippen LogP contribution < -0.4 is 14.8 Å². The fourth-order valence-electron chi connectivity index (χ4n) is 6.26. The Morgan fingerprint density at radius 3 is 2.33 bits per heavy atom. The molecule has 2 bridgehead atoms. The van der Waals surface area contributed by atoms with Crippen LogP contribution in [0.3, 0.4) is 0 Å². The van der Waals surface area contributed by atoms with E-state index in [4.69, 9.17) is 14.5 Å². The molecule has 3 saturated carbocycles. The number of rotatable bonds is 10. The van der Waals surface area contributed by atoms with Gasteiger partial charge in [0.15, 0.2) is 17.4 Å². The summed E-state index contributed by atoms with van der Waals surface area (Å²) in [6.07, 6.45) is 7.30. The normalized spacial score (nSPS) is 20.8. The van der Waals surface area contributed by atoms with Crippen molar-refractivity contribution in [1.82, 2.24) is 20.3 Å². The van der Waals surface area contributed by atoms with Crippen molar-refractivity contribution in [3.63, 3.8) is 0 Å². The van der Waals surface area contributed by atoms with Gasteiger partial charge in [-0.05, 0) is 73.8 Å². The van der Waals surface area contributed by atoms with Crippen molar-refractivity contribution < 1.29 is 35.9 Å². The summed E-state index contributed by atoms with van der Waals surface area (Å²) in [7, 11) is -2.05. The van der Waals surface area contributed by atoms with Crippen molar-refractivity contribution in [3.05, 3.63) is 81.6 Å². The van der Waals surface area contributed by atoms with Gasteiger partial charge in [0.1, 0.15) is 18.1 Å². The van der Waals surface area contributed by atoms with Crippen LogP contribution in [0, 0.1) is 22.9 Å². The van der Waals surface area contributed by atoms with Gasteiger partial charge in [0.2, 0.25) is 20.8 Å². The number of carbonyl (C=O) groups excluding carboxylic acids is 1. The zero-order valence-electron chi connectivity index (χ0n) is 25.1. The molecule has 4 aromatic rings. The lowest BCUT2D eigenvalue weighted by Crippen LogP contribution is -2.49. The number of hydrogen-bond acceptors (Lipinski definition) is 9. The van der Waals surface area contributed by atoms with Gasteiger partial charge in [-0.2, -0.15) is 4.39 Å². The highest BCUT2D eigenvalue weighted by molar-refractivity contribution is 7.90. The van der Waals surface area contributed by atoms with E-state index in [1.54, 1.807) is 30.3 Å². The number of amides is 1. The molecule has 1 amide bonds. The lowest BCUT2D eigenvalue weighted by molar-refractivity contribution is 0.0385. The van der Waals surface area contributed by atoms with Gasteiger partial charge in [-0.15, -0.1) is 11.3 Å². The van der Waals surface area contributed by atoms with Crippen LogP contribution in [-0.2, 0) is 21.9 Å². The fraction of sp³-hybridized carbons (Fsp3) is 0.375. The van der Waals surface area contributed by atoms with Crippen LogP contribution in [0.25, 0.3) is 11.4 Å². The third-order valence-electron chi connectivity index (χ3n) is 9.11. The third-order valence-corrected chi connectivity index (χ3v) is 11.1. The molecule has 0 atom stereocenters. The van der Waals surface area contributed by atoms with Crippen molar-refractivity contribution in [1.29, 1.82) is 0 Å². The molecule has 0 radical (unpaired) electrons. The first-order chi connectivity index (χ1) is 21.9. The largest absolute Gasteiger partial charge is 0.497 e. The average Bonchev–Trinajstić information content (AvgIpc) is 3.58. The highest BCUT2D eigenvalue weighted by Crippen LogP contribution is 2.58. The van der Waals surface area contributed by atoms with Crippen LogP contribution in [0.15, 0.2) is 53.1 Å². The van der Waals surface area contributed by atoms with Crippen molar-refractivity contribution in [2.75, 3.05) is 19.9 Å². The zero-order valence-corrected chi connectivity index (χ0v) is 26.7. The Hall–Kier alpha value is -4.04. The number of sulfone groups is 1. The quantitative estimate of drug-likeness (QED) is 0.160. The Morgan fingerprint density at radius 2 is 1.67 bits per heavy atom. The molecular weight excluding hydrogens is 642 g/mol. The minimum absolute atomic E-state index is 0.138. The molecule has 242 valence electrons. The molecule has 0 aliphatic heterocycles. The van der Waals surface area contributed by atoms with E-state index >= 15 is 0 Å². The van der Waals surface area contributed by atoms with E-state index in [-0.39, 0.29) is 29.1 Å². The van der Waals surface area contributed by atoms with Gasteiger partial charge < -0.3 is 14.8 Å². The Morgan fingerprint density at radius 1 is 0.978 bits per heavy atom. The van der Waals surface area contributed by atoms with Crippen LogP contribution in [0.1, 0.15) is 59.5 Å². The first kappa shape index (κ1) is 31.9. The van der Waals surface area contributed by atoms with E-state index in [0.717, 1.165) is 49.8 Å². The standard InChI is InChI=1S/C32H31F3N4O5S2/c1-43-20-5-3-19(4-6-20)16-44-27-22(33)15-21(25(34)26(27)35)28(40)37-18-31-8-11-32(12-9-31,13-10-31)29-38-24(17-45-29)23-7-14-36-30(39-23)46(2,41)42/h3-7,14-15,17H,8-13,16,18H2,1-2H3,(H,37,40)/t31-,32+. The lowest BCUT2D eigenvalue weighted by atomic mass is 9.54. The molecule has 7 rings (SSSR count). The number of nitrogens with one attached hydrogen (secondary N) is 1. The maximum atomic E-state index is 15.0. The number of halogens is 3. The monoisotopic (exact) mass is 672 g/mol. The molecular formula is C32H31F3N4O5S2. The van der Waals surface area contributed by atoms with Gasteiger partial charge in [0.25, 0.3) is 5.91 Å². The molecule has 0 spiro atoms. The molecule has 14 heteroatoms.